The average molecular weight is 398 g/mol. The Balaban J connectivity index is 1.64. The Morgan fingerprint density at radius 2 is 1.82 bits per heavy atom. The number of ether oxygens (including phenoxy) is 1. The zero-order valence-corrected chi connectivity index (χ0v) is 17.3. The van der Waals surface area contributed by atoms with Crippen LogP contribution in [0.25, 0.3) is 0 Å². The first-order valence-corrected chi connectivity index (χ1v) is 10.6. The van der Waals surface area contributed by atoms with Crippen LogP contribution in [0.15, 0.2) is 54.6 Å². The minimum absolute atomic E-state index is 0.0136. The molecule has 0 bridgehead atoms. The van der Waals surface area contributed by atoms with Crippen LogP contribution in [0.2, 0.25) is 5.02 Å². The van der Waals surface area contributed by atoms with Gasteiger partial charge < -0.3 is 10.1 Å². The highest BCUT2D eigenvalue weighted by Gasteiger charge is 2.49. The Bertz CT molecular complexity index is 840. The molecule has 1 aliphatic carbocycles. The Morgan fingerprint density at radius 1 is 1.11 bits per heavy atom. The van der Waals surface area contributed by atoms with Crippen molar-refractivity contribution in [3.8, 4) is 0 Å². The first-order chi connectivity index (χ1) is 13.5. The molecule has 4 heteroatoms. The maximum absolute atomic E-state index is 13.0. The number of benzene rings is 2. The minimum atomic E-state index is -0.334. The van der Waals surface area contributed by atoms with Gasteiger partial charge in [-0.3, -0.25) is 4.79 Å². The second-order valence-electron chi connectivity index (χ2n) is 8.65. The molecular formula is C24H28ClNO2. The van der Waals surface area contributed by atoms with Crippen molar-refractivity contribution in [1.29, 1.82) is 0 Å². The molecule has 5 atom stereocenters. The van der Waals surface area contributed by atoms with Gasteiger partial charge >= 0.3 is 0 Å². The molecule has 0 unspecified atom stereocenters. The van der Waals surface area contributed by atoms with Gasteiger partial charge in [-0.1, -0.05) is 61.3 Å². The minimum Gasteiger partial charge on any atom is -0.370 e. The Hall–Kier alpha value is -1.84. The third-order valence-electron chi connectivity index (χ3n) is 6.51. The van der Waals surface area contributed by atoms with Crippen LogP contribution in [0.4, 0.5) is 0 Å². The van der Waals surface area contributed by atoms with Gasteiger partial charge in [-0.25, -0.2) is 0 Å². The van der Waals surface area contributed by atoms with E-state index in [1.165, 1.54) is 6.42 Å². The van der Waals surface area contributed by atoms with Crippen molar-refractivity contribution in [2.75, 3.05) is 0 Å². The molecule has 1 saturated carbocycles. The second-order valence-corrected chi connectivity index (χ2v) is 9.06. The number of halogens is 1. The predicted octanol–water partition coefficient (Wildman–Crippen LogP) is 5.79. The Kier molecular flexibility index (Phi) is 5.48. The van der Waals surface area contributed by atoms with Crippen LogP contribution in [-0.4, -0.2) is 17.6 Å². The molecule has 2 aliphatic rings. The third kappa shape index (κ3) is 3.83. The van der Waals surface area contributed by atoms with Gasteiger partial charge in [0.2, 0.25) is 0 Å². The summed E-state index contributed by atoms with van der Waals surface area (Å²) in [6, 6.07) is 17.4. The molecule has 0 spiro atoms. The number of nitrogens with one attached hydrogen (secondary N) is 1. The van der Waals surface area contributed by atoms with E-state index in [-0.39, 0.29) is 23.7 Å². The standard InChI is InChI=1S/C24H28ClNO2/c1-16-12-13-19-21(14-16)28-22(18-10-6-7-11-20(18)25)15-24(19,2)26-23(27)17-8-4-3-5-9-17/h3-11,16,19,21-22H,12-15H2,1-2H3,(H,26,27)/t16-,19-,21-,22-,24-/m0/s1. The molecule has 1 N–H and O–H groups in total. The van der Waals surface area contributed by atoms with E-state index in [0.717, 1.165) is 29.8 Å². The highest BCUT2D eigenvalue weighted by atomic mass is 35.5. The Labute approximate surface area is 172 Å². The van der Waals surface area contributed by atoms with Crippen molar-refractivity contribution in [2.24, 2.45) is 11.8 Å². The summed E-state index contributed by atoms with van der Waals surface area (Å²) < 4.78 is 6.57. The third-order valence-corrected chi connectivity index (χ3v) is 6.85. The molecule has 1 aliphatic heterocycles. The molecule has 28 heavy (non-hydrogen) atoms. The molecule has 0 radical (unpaired) electrons. The first kappa shape index (κ1) is 19.5. The van der Waals surface area contributed by atoms with E-state index in [2.05, 4.69) is 19.2 Å². The van der Waals surface area contributed by atoms with Crippen LogP contribution in [0.5, 0.6) is 0 Å². The largest absolute Gasteiger partial charge is 0.370 e. The molecule has 3 nitrogen and oxygen atoms in total. The molecule has 1 amide bonds. The van der Waals surface area contributed by atoms with Gasteiger partial charge in [-0.2, -0.15) is 0 Å². The van der Waals surface area contributed by atoms with E-state index in [0.29, 0.717) is 17.4 Å². The highest BCUT2D eigenvalue weighted by Crippen LogP contribution is 2.48. The summed E-state index contributed by atoms with van der Waals surface area (Å²) in [5, 5.41) is 4.11. The molecule has 1 saturated heterocycles. The average Bonchev–Trinajstić information content (AvgIpc) is 2.68. The first-order valence-electron chi connectivity index (χ1n) is 10.2. The molecule has 1 heterocycles. The van der Waals surface area contributed by atoms with E-state index < -0.39 is 0 Å². The maximum Gasteiger partial charge on any atom is 0.251 e. The number of carbonyl (C=O) groups excluding carboxylic acids is 1. The number of hydrogen-bond acceptors (Lipinski definition) is 2. The lowest BCUT2D eigenvalue weighted by molar-refractivity contribution is -0.144. The fourth-order valence-corrected chi connectivity index (χ4v) is 5.25. The molecule has 4 rings (SSSR count). The van der Waals surface area contributed by atoms with Crippen molar-refractivity contribution in [1.82, 2.24) is 5.32 Å². The highest BCUT2D eigenvalue weighted by molar-refractivity contribution is 6.31. The summed E-state index contributed by atoms with van der Waals surface area (Å²) in [6.07, 6.45) is 4.04. The summed E-state index contributed by atoms with van der Waals surface area (Å²) in [4.78, 5) is 13.0. The van der Waals surface area contributed by atoms with Gasteiger partial charge in [0, 0.05) is 28.5 Å². The number of fused-ring (bicyclic) bond motifs is 1. The van der Waals surface area contributed by atoms with Crippen molar-refractivity contribution in [3.05, 3.63) is 70.7 Å². The normalized spacial score (nSPS) is 32.4. The van der Waals surface area contributed by atoms with Crippen molar-refractivity contribution >= 4 is 17.5 Å². The van der Waals surface area contributed by atoms with E-state index in [1.807, 2.05) is 54.6 Å². The quantitative estimate of drug-likeness (QED) is 0.711. The lowest BCUT2D eigenvalue weighted by Gasteiger charge is -2.52. The lowest BCUT2D eigenvalue weighted by Crippen LogP contribution is -2.60. The summed E-state index contributed by atoms with van der Waals surface area (Å²) >= 11 is 6.49. The van der Waals surface area contributed by atoms with Crippen LogP contribution in [0.1, 0.15) is 61.6 Å². The van der Waals surface area contributed by atoms with Gasteiger partial charge in [-0.15, -0.1) is 0 Å². The molecule has 2 fully saturated rings. The molecule has 2 aromatic carbocycles. The number of rotatable bonds is 3. The van der Waals surface area contributed by atoms with E-state index >= 15 is 0 Å². The van der Waals surface area contributed by atoms with Crippen molar-refractivity contribution < 1.29 is 9.53 Å². The molecule has 148 valence electrons. The molecular weight excluding hydrogens is 370 g/mol. The van der Waals surface area contributed by atoms with Crippen molar-refractivity contribution in [3.63, 3.8) is 0 Å². The topological polar surface area (TPSA) is 38.3 Å². The summed E-state index contributed by atoms with van der Waals surface area (Å²) in [5.41, 5.74) is 1.38. The SMILES string of the molecule is C[C@H]1CC[C@H]2[C@H](C1)O[C@H](c1ccccc1Cl)C[C@]2(C)NC(=O)c1ccccc1. The monoisotopic (exact) mass is 397 g/mol. The van der Waals surface area contributed by atoms with Gasteiger partial charge in [0.25, 0.3) is 5.91 Å². The molecule has 2 aromatic rings. The maximum atomic E-state index is 13.0. The number of hydrogen-bond donors (Lipinski definition) is 1. The smallest absolute Gasteiger partial charge is 0.251 e. The van der Waals surface area contributed by atoms with E-state index in [9.17, 15) is 4.79 Å². The fraction of sp³-hybridized carbons (Fsp3) is 0.458. The number of amides is 1. The zero-order chi connectivity index (χ0) is 19.7. The lowest BCUT2D eigenvalue weighted by atomic mass is 9.66. The number of carbonyl (C=O) groups is 1. The van der Waals surface area contributed by atoms with Gasteiger partial charge in [0.05, 0.1) is 12.2 Å². The second kappa shape index (κ2) is 7.88. The van der Waals surface area contributed by atoms with Crippen LogP contribution in [0, 0.1) is 11.8 Å². The van der Waals surface area contributed by atoms with Crippen LogP contribution < -0.4 is 5.32 Å². The zero-order valence-electron chi connectivity index (χ0n) is 16.5. The van der Waals surface area contributed by atoms with Gasteiger partial charge in [0.1, 0.15) is 0 Å². The van der Waals surface area contributed by atoms with Gasteiger partial charge in [-0.05, 0) is 49.4 Å². The van der Waals surface area contributed by atoms with E-state index in [1.54, 1.807) is 0 Å². The molecule has 0 aromatic heterocycles. The van der Waals surface area contributed by atoms with Crippen molar-refractivity contribution in [2.45, 2.75) is 57.3 Å². The van der Waals surface area contributed by atoms with Crippen LogP contribution >= 0.6 is 11.6 Å². The van der Waals surface area contributed by atoms with Gasteiger partial charge in [0.15, 0.2) is 0 Å². The van der Waals surface area contributed by atoms with Crippen LogP contribution in [0.3, 0.4) is 0 Å². The summed E-state index contributed by atoms with van der Waals surface area (Å²) in [6.45, 7) is 4.48. The fourth-order valence-electron chi connectivity index (χ4n) is 4.99. The predicted molar refractivity (Wildman–Crippen MR) is 113 cm³/mol. The van der Waals surface area contributed by atoms with Crippen LogP contribution in [-0.2, 0) is 4.74 Å². The Morgan fingerprint density at radius 3 is 2.57 bits per heavy atom. The summed E-state index contributed by atoms with van der Waals surface area (Å²) in [7, 11) is 0. The van der Waals surface area contributed by atoms with E-state index in [4.69, 9.17) is 16.3 Å². The summed E-state index contributed by atoms with van der Waals surface area (Å²) in [5.74, 6) is 0.940.